The molecule has 0 atom stereocenters. The lowest BCUT2D eigenvalue weighted by atomic mass is 10.6. The molecule has 0 fully saturated rings. The highest BCUT2D eigenvalue weighted by atomic mass is 79.9. The van der Waals surface area contributed by atoms with Crippen molar-refractivity contribution in [2.24, 2.45) is 0 Å². The fraction of sp³-hybridized carbons (Fsp3) is 0.143. The van der Waals surface area contributed by atoms with Gasteiger partial charge in [-0.1, -0.05) is 34.1 Å². The second kappa shape index (κ2) is 2.31. The highest BCUT2D eigenvalue weighted by Crippen LogP contribution is 2.32. The van der Waals surface area contributed by atoms with Crippen molar-refractivity contribution in [3.63, 3.8) is 0 Å². The van der Waals surface area contributed by atoms with Crippen LogP contribution < -0.4 is 0 Å². The molecule has 0 aromatic carbocycles. The Morgan fingerprint density at radius 1 is 1.12 bits per heavy atom. The van der Waals surface area contributed by atoms with Crippen molar-refractivity contribution >= 4 is 15.9 Å². The molecular formula is C7H7Br. The molecule has 1 heteroatoms. The molecular weight excluding hydrogens is 164 g/mol. The summed E-state index contributed by atoms with van der Waals surface area (Å²) < 4.78 is 0. The highest BCUT2D eigenvalue weighted by Gasteiger charge is 2.06. The molecule has 2 aliphatic rings. The van der Waals surface area contributed by atoms with Crippen molar-refractivity contribution in [3.8, 4) is 11.1 Å². The molecule has 0 radical (unpaired) electrons. The zero-order chi connectivity index (χ0) is 5.98. The SMILES string of the molecule is CBr.c1cc2cc-2c1. The Morgan fingerprint density at radius 2 is 1.62 bits per heavy atom. The number of hydrogen-bond donors (Lipinski definition) is 0. The van der Waals surface area contributed by atoms with E-state index in [2.05, 4.69) is 40.2 Å². The average molecular weight is 171 g/mol. The molecule has 0 unspecified atom stereocenters. The van der Waals surface area contributed by atoms with Gasteiger partial charge >= 0.3 is 0 Å². The molecule has 2 aliphatic carbocycles. The van der Waals surface area contributed by atoms with E-state index in [4.69, 9.17) is 0 Å². The van der Waals surface area contributed by atoms with E-state index < -0.39 is 0 Å². The van der Waals surface area contributed by atoms with Crippen LogP contribution in [0.15, 0.2) is 24.3 Å². The summed E-state index contributed by atoms with van der Waals surface area (Å²) >= 11 is 2.94. The van der Waals surface area contributed by atoms with Crippen molar-refractivity contribution in [3.05, 3.63) is 24.3 Å². The number of benzene rings is 1. The zero-order valence-electron chi connectivity index (χ0n) is 4.69. The molecule has 0 bridgehead atoms. The first-order valence-corrected chi connectivity index (χ1v) is 4.04. The van der Waals surface area contributed by atoms with Crippen molar-refractivity contribution in [1.82, 2.24) is 0 Å². The fourth-order valence-electron chi connectivity index (χ4n) is 0.676. The van der Waals surface area contributed by atoms with Crippen LogP contribution in [0.1, 0.15) is 0 Å². The molecule has 42 valence electrons. The predicted octanol–water partition coefficient (Wildman–Crippen LogP) is 2.68. The summed E-state index contributed by atoms with van der Waals surface area (Å²) in [6.07, 6.45) is 0. The van der Waals surface area contributed by atoms with Crippen molar-refractivity contribution in [2.75, 3.05) is 5.83 Å². The highest BCUT2D eigenvalue weighted by molar-refractivity contribution is 9.08. The van der Waals surface area contributed by atoms with Gasteiger partial charge in [-0.05, 0) is 23.0 Å². The number of rotatable bonds is 0. The molecule has 0 nitrogen and oxygen atoms in total. The summed E-state index contributed by atoms with van der Waals surface area (Å²) in [6, 6.07) is 8.48. The molecule has 2 rings (SSSR count). The third-order valence-electron chi connectivity index (χ3n) is 1.11. The molecule has 0 saturated heterocycles. The smallest absolute Gasteiger partial charge is 0.00848 e. The van der Waals surface area contributed by atoms with Crippen LogP contribution in [0.3, 0.4) is 0 Å². The summed E-state index contributed by atoms with van der Waals surface area (Å²) in [4.78, 5) is 0. The molecule has 0 heterocycles. The Kier molecular flexibility index (Phi) is 1.69. The van der Waals surface area contributed by atoms with Crippen LogP contribution in [0.2, 0.25) is 0 Å². The zero-order valence-corrected chi connectivity index (χ0v) is 6.27. The minimum Gasteiger partial charge on any atom is -0.0966 e. The van der Waals surface area contributed by atoms with E-state index >= 15 is 0 Å². The summed E-state index contributed by atoms with van der Waals surface area (Å²) in [5.41, 5.74) is 2.85. The topological polar surface area (TPSA) is 0 Å². The fourth-order valence-corrected chi connectivity index (χ4v) is 0.676. The van der Waals surface area contributed by atoms with E-state index in [1.165, 1.54) is 11.1 Å². The molecule has 0 amide bonds. The maximum Gasteiger partial charge on any atom is -0.00848 e. The molecule has 8 heavy (non-hydrogen) atoms. The lowest BCUT2D eigenvalue weighted by molar-refractivity contribution is 2.01. The van der Waals surface area contributed by atoms with E-state index in [9.17, 15) is 0 Å². The van der Waals surface area contributed by atoms with E-state index in [-0.39, 0.29) is 0 Å². The Balaban J connectivity index is 0.000000147. The van der Waals surface area contributed by atoms with Crippen molar-refractivity contribution < 1.29 is 0 Å². The monoisotopic (exact) mass is 170 g/mol. The van der Waals surface area contributed by atoms with Crippen LogP contribution in [0.25, 0.3) is 11.1 Å². The quantitative estimate of drug-likeness (QED) is 0.534. The van der Waals surface area contributed by atoms with Crippen molar-refractivity contribution in [2.45, 2.75) is 0 Å². The molecule has 0 aromatic heterocycles. The van der Waals surface area contributed by atoms with Gasteiger partial charge in [0.15, 0.2) is 0 Å². The van der Waals surface area contributed by atoms with Crippen LogP contribution in [-0.4, -0.2) is 5.83 Å². The van der Waals surface area contributed by atoms with Crippen LogP contribution >= 0.6 is 15.9 Å². The van der Waals surface area contributed by atoms with Crippen LogP contribution in [-0.2, 0) is 0 Å². The van der Waals surface area contributed by atoms with Gasteiger partial charge in [0.1, 0.15) is 0 Å². The summed E-state index contributed by atoms with van der Waals surface area (Å²) in [5, 5.41) is 0. The minimum absolute atomic E-state index is 1.43. The molecule has 0 saturated carbocycles. The Morgan fingerprint density at radius 3 is 1.75 bits per heavy atom. The van der Waals surface area contributed by atoms with E-state index in [0.717, 1.165) is 0 Å². The van der Waals surface area contributed by atoms with E-state index in [1.54, 1.807) is 0 Å². The van der Waals surface area contributed by atoms with Gasteiger partial charge in [-0.25, -0.2) is 0 Å². The van der Waals surface area contributed by atoms with Gasteiger partial charge in [0.25, 0.3) is 0 Å². The van der Waals surface area contributed by atoms with Gasteiger partial charge in [-0.15, -0.1) is 0 Å². The van der Waals surface area contributed by atoms with Gasteiger partial charge in [0, 0.05) is 0 Å². The number of hydrogen-bond acceptors (Lipinski definition) is 0. The maximum atomic E-state index is 2.94. The first-order chi connectivity index (χ1) is 3.97. The van der Waals surface area contributed by atoms with Gasteiger partial charge in [0.05, 0.1) is 0 Å². The largest absolute Gasteiger partial charge is 0.0966 e. The summed E-state index contributed by atoms with van der Waals surface area (Å²) in [5.74, 6) is 1.81. The normalized spacial score (nSPS) is 9.25. The van der Waals surface area contributed by atoms with Crippen molar-refractivity contribution in [1.29, 1.82) is 0 Å². The first-order valence-electron chi connectivity index (χ1n) is 2.45. The lowest BCUT2D eigenvalue weighted by Crippen LogP contribution is -1.23. The third kappa shape index (κ3) is 0.920. The standard InChI is InChI=1S/C6H4.CH3Br/c1-2-5-4-6(5)3-1;1-2/h1-4H;1H3. The summed E-state index contributed by atoms with van der Waals surface area (Å²) in [6.45, 7) is 0. The minimum atomic E-state index is 1.43. The molecule has 0 N–H and O–H groups in total. The van der Waals surface area contributed by atoms with Gasteiger partial charge in [-0.2, -0.15) is 0 Å². The Labute approximate surface area is 57.7 Å². The van der Waals surface area contributed by atoms with E-state index in [1.807, 2.05) is 5.83 Å². The molecule has 0 spiro atoms. The Hall–Kier alpha value is -0.300. The third-order valence-corrected chi connectivity index (χ3v) is 1.11. The number of fused-ring (bicyclic) bond motifs is 1. The predicted molar refractivity (Wildman–Crippen MR) is 40.3 cm³/mol. The van der Waals surface area contributed by atoms with Gasteiger partial charge in [-0.3, -0.25) is 0 Å². The summed E-state index contributed by atoms with van der Waals surface area (Å²) in [7, 11) is 0. The number of halogens is 1. The number of alkyl halides is 1. The first kappa shape index (κ1) is 5.83. The van der Waals surface area contributed by atoms with Crippen LogP contribution in [0, 0.1) is 0 Å². The maximum absolute atomic E-state index is 2.94. The lowest BCUT2D eigenvalue weighted by Gasteiger charge is -1.48. The second-order valence-corrected chi connectivity index (χ2v) is 1.58. The van der Waals surface area contributed by atoms with Crippen LogP contribution in [0.4, 0.5) is 0 Å². The van der Waals surface area contributed by atoms with Gasteiger partial charge in [0.2, 0.25) is 0 Å². The Bertz CT molecular complexity index is 164. The second-order valence-electron chi connectivity index (χ2n) is 1.58. The van der Waals surface area contributed by atoms with E-state index in [0.29, 0.717) is 0 Å². The van der Waals surface area contributed by atoms with Crippen LogP contribution in [0.5, 0.6) is 0 Å². The molecule has 0 aliphatic heterocycles. The average Bonchev–Trinajstić information content (AvgIpc) is 2.46. The van der Waals surface area contributed by atoms with Gasteiger partial charge < -0.3 is 0 Å². The molecule has 0 aromatic rings.